The smallest absolute Gasteiger partial charge is 0.0497 e. The Hall–Kier alpha value is 0.230. The first kappa shape index (κ1) is 13.7. The lowest BCUT2D eigenvalue weighted by Crippen LogP contribution is -2.29. The maximum absolute atomic E-state index is 3.68. The highest BCUT2D eigenvalue weighted by molar-refractivity contribution is 14.1. The lowest BCUT2D eigenvalue weighted by atomic mass is 9.75. The third kappa shape index (κ3) is 3.85. The maximum atomic E-state index is 3.68. The lowest BCUT2D eigenvalue weighted by Gasteiger charge is -2.35. The Morgan fingerprint density at radius 1 is 1.29 bits per heavy atom. The predicted molar refractivity (Wildman–Crippen MR) is 86.5 cm³/mol. The molecule has 1 aliphatic rings. The van der Waals surface area contributed by atoms with Gasteiger partial charge in [-0.15, -0.1) is 0 Å². The van der Waals surface area contributed by atoms with Gasteiger partial charge in [0.2, 0.25) is 0 Å². The van der Waals surface area contributed by atoms with Crippen molar-refractivity contribution in [3.8, 4) is 0 Å². The van der Waals surface area contributed by atoms with Gasteiger partial charge in [0.1, 0.15) is 0 Å². The Balaban J connectivity index is 2.00. The molecule has 3 heteroatoms. The third-order valence-electron chi connectivity index (χ3n) is 3.63. The number of nitrogens with one attached hydrogen (secondary N) is 1. The summed E-state index contributed by atoms with van der Waals surface area (Å²) in [6, 6.07) is 7.10. The fourth-order valence-electron chi connectivity index (χ4n) is 2.37. The van der Waals surface area contributed by atoms with Crippen LogP contribution in [0.25, 0.3) is 0 Å². The summed E-state index contributed by atoms with van der Waals surface area (Å²) in [7, 11) is 0. The molecule has 0 saturated heterocycles. The monoisotopic (exact) mass is 407 g/mol. The van der Waals surface area contributed by atoms with Crippen LogP contribution in [0, 0.1) is 8.99 Å². The van der Waals surface area contributed by atoms with Gasteiger partial charge in [0.15, 0.2) is 0 Å². The molecule has 0 radical (unpaired) electrons. The molecule has 0 atom stereocenters. The molecule has 0 unspecified atom stereocenters. The molecule has 1 N–H and O–H groups in total. The third-order valence-corrected chi connectivity index (χ3v) is 4.99. The molecular formula is C14H19BrIN. The molecule has 1 aromatic carbocycles. The van der Waals surface area contributed by atoms with Crippen LogP contribution in [-0.2, 0) is 0 Å². The number of hydrogen-bond acceptors (Lipinski definition) is 1. The first-order valence-corrected chi connectivity index (χ1v) is 8.05. The van der Waals surface area contributed by atoms with Crippen LogP contribution in [0.1, 0.15) is 39.5 Å². The van der Waals surface area contributed by atoms with Crippen LogP contribution in [0.2, 0.25) is 0 Å². The summed E-state index contributed by atoms with van der Waals surface area (Å²) in [5.41, 5.74) is 1.78. The fourth-order valence-corrected chi connectivity index (χ4v) is 3.22. The van der Waals surface area contributed by atoms with Crippen LogP contribution < -0.4 is 5.32 Å². The molecule has 0 aliphatic heterocycles. The quantitative estimate of drug-likeness (QED) is 0.644. The minimum atomic E-state index is 0.542. The van der Waals surface area contributed by atoms with E-state index in [4.69, 9.17) is 0 Å². The van der Waals surface area contributed by atoms with Crippen molar-refractivity contribution in [2.75, 3.05) is 5.32 Å². The standard InChI is InChI=1S/C14H19BrIN/c1-14(2)7-5-11(6-8-14)17-13-9-10(16)3-4-12(13)15/h3-4,9,11,17H,5-8H2,1-2H3. The molecule has 0 heterocycles. The van der Waals surface area contributed by atoms with Crippen molar-refractivity contribution in [1.82, 2.24) is 0 Å². The first-order valence-electron chi connectivity index (χ1n) is 6.18. The van der Waals surface area contributed by atoms with Crippen LogP contribution >= 0.6 is 38.5 Å². The summed E-state index contributed by atoms with van der Waals surface area (Å²) < 4.78 is 2.45. The fraction of sp³-hybridized carbons (Fsp3) is 0.571. The number of rotatable bonds is 2. The van der Waals surface area contributed by atoms with Gasteiger partial charge in [-0.25, -0.2) is 0 Å². The lowest BCUT2D eigenvalue weighted by molar-refractivity contribution is 0.232. The van der Waals surface area contributed by atoms with Gasteiger partial charge in [-0.05, 0) is 87.8 Å². The van der Waals surface area contributed by atoms with E-state index >= 15 is 0 Å². The zero-order valence-corrected chi connectivity index (χ0v) is 14.1. The van der Waals surface area contributed by atoms with Crippen molar-refractivity contribution >= 4 is 44.2 Å². The second-order valence-electron chi connectivity index (χ2n) is 5.71. The number of halogens is 2. The molecular weight excluding hydrogens is 389 g/mol. The topological polar surface area (TPSA) is 12.0 Å². The molecule has 94 valence electrons. The summed E-state index contributed by atoms with van der Waals surface area (Å²) in [6.07, 6.45) is 5.22. The average molecular weight is 408 g/mol. The molecule has 2 rings (SSSR count). The van der Waals surface area contributed by atoms with Crippen LogP contribution in [0.5, 0.6) is 0 Å². The van der Waals surface area contributed by atoms with E-state index in [9.17, 15) is 0 Å². The Kier molecular flexibility index (Phi) is 4.40. The molecule has 17 heavy (non-hydrogen) atoms. The molecule has 1 aromatic rings. The van der Waals surface area contributed by atoms with Gasteiger partial charge >= 0.3 is 0 Å². The second-order valence-corrected chi connectivity index (χ2v) is 7.81. The van der Waals surface area contributed by atoms with E-state index in [1.54, 1.807) is 0 Å². The first-order chi connectivity index (χ1) is 7.96. The van der Waals surface area contributed by atoms with E-state index < -0.39 is 0 Å². The minimum Gasteiger partial charge on any atom is -0.381 e. The van der Waals surface area contributed by atoms with Crippen molar-refractivity contribution in [1.29, 1.82) is 0 Å². The molecule has 0 bridgehead atoms. The summed E-state index contributed by atoms with van der Waals surface area (Å²) in [4.78, 5) is 0. The highest BCUT2D eigenvalue weighted by atomic mass is 127. The number of hydrogen-bond donors (Lipinski definition) is 1. The summed E-state index contributed by atoms with van der Waals surface area (Å²) in [5.74, 6) is 0. The van der Waals surface area contributed by atoms with E-state index in [1.165, 1.54) is 39.4 Å². The van der Waals surface area contributed by atoms with Gasteiger partial charge in [0, 0.05) is 19.8 Å². The van der Waals surface area contributed by atoms with E-state index in [-0.39, 0.29) is 0 Å². The van der Waals surface area contributed by atoms with Gasteiger partial charge < -0.3 is 5.32 Å². The van der Waals surface area contributed by atoms with Crippen LogP contribution in [-0.4, -0.2) is 6.04 Å². The van der Waals surface area contributed by atoms with Crippen LogP contribution in [0.4, 0.5) is 5.69 Å². The van der Waals surface area contributed by atoms with Gasteiger partial charge in [-0.3, -0.25) is 0 Å². The maximum Gasteiger partial charge on any atom is 0.0497 e. The van der Waals surface area contributed by atoms with E-state index in [0.717, 1.165) is 0 Å². The van der Waals surface area contributed by atoms with E-state index in [2.05, 4.69) is 75.9 Å². The SMILES string of the molecule is CC1(C)CCC(Nc2cc(I)ccc2Br)CC1. The van der Waals surface area contributed by atoms with Crippen molar-refractivity contribution < 1.29 is 0 Å². The molecule has 0 aromatic heterocycles. The summed E-state index contributed by atoms with van der Waals surface area (Å²) in [5, 5.41) is 3.68. The van der Waals surface area contributed by atoms with Gasteiger partial charge in [0.25, 0.3) is 0 Å². The molecule has 0 spiro atoms. The molecule has 1 saturated carbocycles. The predicted octanol–water partition coefficient (Wildman–Crippen LogP) is 5.43. The van der Waals surface area contributed by atoms with E-state index in [1.807, 2.05) is 0 Å². The molecule has 1 fully saturated rings. The van der Waals surface area contributed by atoms with Gasteiger partial charge in [-0.2, -0.15) is 0 Å². The van der Waals surface area contributed by atoms with Crippen LogP contribution in [0.3, 0.4) is 0 Å². The Labute approximate surface area is 126 Å². The molecule has 1 aliphatic carbocycles. The van der Waals surface area contributed by atoms with Crippen molar-refractivity contribution in [2.24, 2.45) is 5.41 Å². The van der Waals surface area contributed by atoms with Crippen molar-refractivity contribution in [3.63, 3.8) is 0 Å². The zero-order valence-electron chi connectivity index (χ0n) is 10.4. The largest absolute Gasteiger partial charge is 0.381 e. The van der Waals surface area contributed by atoms with E-state index in [0.29, 0.717) is 11.5 Å². The highest BCUT2D eigenvalue weighted by Crippen LogP contribution is 2.37. The number of anilines is 1. The van der Waals surface area contributed by atoms with Crippen molar-refractivity contribution in [2.45, 2.75) is 45.6 Å². The van der Waals surface area contributed by atoms with Crippen molar-refractivity contribution in [3.05, 3.63) is 26.2 Å². The Morgan fingerprint density at radius 3 is 2.59 bits per heavy atom. The zero-order chi connectivity index (χ0) is 12.5. The molecule has 0 amide bonds. The normalized spacial score (nSPS) is 20.2. The minimum absolute atomic E-state index is 0.542. The summed E-state index contributed by atoms with van der Waals surface area (Å²) in [6.45, 7) is 4.76. The summed E-state index contributed by atoms with van der Waals surface area (Å²) >= 11 is 5.97. The van der Waals surface area contributed by atoms with Crippen LogP contribution in [0.15, 0.2) is 22.7 Å². The second kappa shape index (κ2) is 5.47. The average Bonchev–Trinajstić information content (AvgIpc) is 2.26. The van der Waals surface area contributed by atoms with Gasteiger partial charge in [0.05, 0.1) is 0 Å². The number of benzene rings is 1. The Morgan fingerprint density at radius 2 is 1.94 bits per heavy atom. The highest BCUT2D eigenvalue weighted by Gasteiger charge is 2.26. The molecule has 1 nitrogen and oxygen atoms in total. The van der Waals surface area contributed by atoms with Gasteiger partial charge in [-0.1, -0.05) is 13.8 Å². The Bertz CT molecular complexity index is 393.